The summed E-state index contributed by atoms with van der Waals surface area (Å²) in [4.78, 5) is 43.7. The van der Waals surface area contributed by atoms with Crippen molar-refractivity contribution >= 4 is 72.8 Å². The van der Waals surface area contributed by atoms with Crippen molar-refractivity contribution in [1.82, 2.24) is 0 Å². The summed E-state index contributed by atoms with van der Waals surface area (Å²) in [6.45, 7) is 8.71. The third-order valence-corrected chi connectivity index (χ3v) is 11.5. The summed E-state index contributed by atoms with van der Waals surface area (Å²) >= 11 is 0. The Bertz CT molecular complexity index is 1320. The van der Waals surface area contributed by atoms with E-state index in [-0.39, 0.29) is 85.9 Å². The van der Waals surface area contributed by atoms with Crippen LogP contribution in [0.2, 0.25) is 0 Å². The Kier molecular flexibility index (Phi) is 42.8. The monoisotopic (exact) mass is 1030 g/mol. The molecule has 0 aliphatic rings. The normalized spacial score (nSPS) is 12.7. The SMILES string of the molecule is CCCCC(CCCCCCC(CCCCCC(=O)[O-])OC(C)=O)OCc1ccccc1.CCCCC(CCCCCCC(CCCCCC(=O)[O-])OC(C)=O)OCc1ccccc1.[Ba+2]. The number of carbonyl (C=O) groups is 4. The summed E-state index contributed by atoms with van der Waals surface area (Å²) in [6.07, 6.45) is 27.0. The van der Waals surface area contributed by atoms with Gasteiger partial charge >= 0.3 is 60.8 Å². The maximum Gasteiger partial charge on any atom is 2.00 e. The summed E-state index contributed by atoms with van der Waals surface area (Å²) in [5.74, 6) is -2.47. The maximum atomic E-state index is 11.4. The van der Waals surface area contributed by atoms with Crippen molar-refractivity contribution in [2.45, 2.75) is 245 Å². The molecule has 65 heavy (non-hydrogen) atoms. The predicted octanol–water partition coefficient (Wildman–Crippen LogP) is 11.1. The first-order valence-corrected chi connectivity index (χ1v) is 25.1. The van der Waals surface area contributed by atoms with Crippen LogP contribution in [0.4, 0.5) is 0 Å². The van der Waals surface area contributed by atoms with E-state index in [1.54, 1.807) is 0 Å². The number of ether oxygens (including phenoxy) is 4. The van der Waals surface area contributed by atoms with Gasteiger partial charge in [0.05, 0.1) is 25.4 Å². The molecule has 10 nitrogen and oxygen atoms in total. The molecule has 0 heterocycles. The number of carbonyl (C=O) groups excluding carboxylic acids is 4. The van der Waals surface area contributed by atoms with Gasteiger partial charge in [-0.15, -0.1) is 0 Å². The third-order valence-electron chi connectivity index (χ3n) is 11.5. The second-order valence-corrected chi connectivity index (χ2v) is 17.5. The van der Waals surface area contributed by atoms with E-state index < -0.39 is 11.9 Å². The molecule has 0 saturated carbocycles. The van der Waals surface area contributed by atoms with Crippen LogP contribution in [-0.2, 0) is 51.3 Å². The number of esters is 2. The number of benzene rings is 2. The Hall–Kier alpha value is -2.19. The number of aliphatic carboxylic acids is 2. The summed E-state index contributed by atoms with van der Waals surface area (Å²) < 4.78 is 23.3. The molecule has 0 bridgehead atoms. The van der Waals surface area contributed by atoms with Crippen LogP contribution in [0.5, 0.6) is 0 Å². The molecule has 0 fully saturated rings. The molecule has 0 aliphatic carbocycles. The molecule has 0 N–H and O–H groups in total. The van der Waals surface area contributed by atoms with E-state index in [9.17, 15) is 29.4 Å². The minimum atomic E-state index is -0.996. The third kappa shape index (κ3) is 40.6. The maximum absolute atomic E-state index is 11.4. The average Bonchev–Trinajstić information content (AvgIpc) is 3.27. The minimum absolute atomic E-state index is 0. The molecule has 0 amide bonds. The smallest absolute Gasteiger partial charge is 0.550 e. The standard InChI is InChI=1S/2C27H44O5.Ba/c2*1-3-4-17-25(31-22-24-15-9-7-10-16-24)18-11-5-6-12-19-26(32-23(2)28)20-13-8-14-21-27(29)30;/h2*7,9-10,15-16,25-26H,3-6,8,11-14,17-22H2,1-2H3,(H,29,30);/q;;+2/p-2. The van der Waals surface area contributed by atoms with Crippen LogP contribution in [0.3, 0.4) is 0 Å². The van der Waals surface area contributed by atoms with Crippen LogP contribution in [0.1, 0.15) is 219 Å². The second-order valence-electron chi connectivity index (χ2n) is 17.5. The zero-order chi connectivity index (χ0) is 46.9. The largest absolute Gasteiger partial charge is 2.00 e. The fourth-order valence-corrected chi connectivity index (χ4v) is 7.89. The van der Waals surface area contributed by atoms with Crippen molar-refractivity contribution in [3.8, 4) is 0 Å². The van der Waals surface area contributed by atoms with E-state index in [4.69, 9.17) is 18.9 Å². The van der Waals surface area contributed by atoms with E-state index in [0.29, 0.717) is 38.3 Å². The van der Waals surface area contributed by atoms with Crippen LogP contribution in [0.15, 0.2) is 60.7 Å². The summed E-state index contributed by atoms with van der Waals surface area (Å²) in [6, 6.07) is 20.7. The predicted molar refractivity (Wildman–Crippen MR) is 258 cm³/mol. The molecule has 0 aromatic heterocycles. The van der Waals surface area contributed by atoms with Gasteiger partial charge in [0.1, 0.15) is 12.2 Å². The number of hydrogen-bond acceptors (Lipinski definition) is 10. The molecule has 0 aliphatic heterocycles. The Labute approximate surface area is 434 Å². The average molecular weight is 1030 g/mol. The van der Waals surface area contributed by atoms with E-state index >= 15 is 0 Å². The molecule has 364 valence electrons. The molecular weight excluding hydrogens is 946 g/mol. The fraction of sp³-hybridized carbons (Fsp3) is 0.704. The topological polar surface area (TPSA) is 151 Å². The Morgan fingerprint density at radius 1 is 0.415 bits per heavy atom. The minimum Gasteiger partial charge on any atom is -0.550 e. The zero-order valence-corrected chi connectivity index (χ0v) is 45.5. The van der Waals surface area contributed by atoms with Crippen molar-refractivity contribution in [3.63, 3.8) is 0 Å². The number of carboxylic acids is 2. The number of rotatable bonds is 40. The van der Waals surface area contributed by atoms with Gasteiger partial charge in [0.15, 0.2) is 0 Å². The van der Waals surface area contributed by atoms with Gasteiger partial charge < -0.3 is 38.7 Å². The molecule has 4 unspecified atom stereocenters. The van der Waals surface area contributed by atoms with Crippen LogP contribution in [0.25, 0.3) is 0 Å². The van der Waals surface area contributed by atoms with Crippen molar-refractivity contribution in [1.29, 1.82) is 0 Å². The van der Waals surface area contributed by atoms with Crippen LogP contribution < -0.4 is 10.2 Å². The van der Waals surface area contributed by atoms with Gasteiger partial charge in [-0.1, -0.05) is 152 Å². The summed E-state index contributed by atoms with van der Waals surface area (Å²) in [5.41, 5.74) is 2.45. The van der Waals surface area contributed by atoms with Crippen molar-refractivity contribution in [3.05, 3.63) is 71.8 Å². The molecule has 2 rings (SSSR count). The van der Waals surface area contributed by atoms with Gasteiger partial charge in [0.2, 0.25) is 0 Å². The van der Waals surface area contributed by atoms with Crippen molar-refractivity contribution in [2.24, 2.45) is 0 Å². The van der Waals surface area contributed by atoms with Crippen LogP contribution >= 0.6 is 0 Å². The quantitative estimate of drug-likeness (QED) is 0.0358. The molecule has 4 atom stereocenters. The Morgan fingerprint density at radius 3 is 0.969 bits per heavy atom. The van der Waals surface area contributed by atoms with Gasteiger partial charge in [0.25, 0.3) is 0 Å². The first-order valence-electron chi connectivity index (χ1n) is 25.1. The Balaban J connectivity index is 0.00000124. The molecule has 0 radical (unpaired) electrons. The van der Waals surface area contributed by atoms with Gasteiger partial charge in [-0.05, 0) is 114 Å². The van der Waals surface area contributed by atoms with E-state index in [1.807, 2.05) is 12.1 Å². The Morgan fingerprint density at radius 2 is 0.692 bits per heavy atom. The number of hydrogen-bond donors (Lipinski definition) is 0. The van der Waals surface area contributed by atoms with E-state index in [2.05, 4.69) is 62.4 Å². The van der Waals surface area contributed by atoms with Gasteiger partial charge in [-0.3, -0.25) is 9.59 Å². The fourth-order valence-electron chi connectivity index (χ4n) is 7.89. The molecule has 2 aromatic carbocycles. The molecule has 0 saturated heterocycles. The summed E-state index contributed by atoms with van der Waals surface area (Å²) in [5, 5.41) is 21.0. The van der Waals surface area contributed by atoms with Crippen LogP contribution in [-0.4, -0.2) is 97.2 Å². The van der Waals surface area contributed by atoms with Crippen molar-refractivity contribution in [2.75, 3.05) is 0 Å². The van der Waals surface area contributed by atoms with Gasteiger partial charge in [-0.2, -0.15) is 0 Å². The molecule has 0 spiro atoms. The number of carboxylic acid groups (broad SMARTS) is 2. The second kappa shape index (κ2) is 44.3. The summed E-state index contributed by atoms with van der Waals surface area (Å²) in [7, 11) is 0. The van der Waals surface area contributed by atoms with Gasteiger partial charge in [-0.25, -0.2) is 0 Å². The first kappa shape index (κ1) is 62.8. The van der Waals surface area contributed by atoms with E-state index in [1.165, 1.54) is 50.7 Å². The molecule has 2 aromatic rings. The van der Waals surface area contributed by atoms with Crippen molar-refractivity contribution < 1.29 is 48.3 Å². The number of unbranched alkanes of at least 4 members (excludes halogenated alkanes) is 12. The van der Waals surface area contributed by atoms with E-state index in [0.717, 1.165) is 128 Å². The van der Waals surface area contributed by atoms with Gasteiger partial charge in [0, 0.05) is 25.8 Å². The van der Waals surface area contributed by atoms with Crippen LogP contribution in [0, 0.1) is 0 Å². The molecular formula is C54H86BaO10. The zero-order valence-electron chi connectivity index (χ0n) is 41.1. The first-order chi connectivity index (χ1) is 31.0. The molecule has 11 heteroatoms.